The Kier molecular flexibility index (Phi) is 4.25. The number of aryl methyl sites for hydroxylation is 1. The van der Waals surface area contributed by atoms with Crippen molar-refractivity contribution in [3.63, 3.8) is 0 Å². The van der Waals surface area contributed by atoms with Crippen LogP contribution in [0.25, 0.3) is 0 Å². The SMILES string of the molecule is CCC1(C(=O)N[C@@H](C)c2ccc(C)cc2)CCNC1. The molecule has 0 saturated carbocycles. The number of carbonyl (C=O) groups is 1. The molecule has 0 radical (unpaired) electrons. The Hall–Kier alpha value is -1.35. The van der Waals surface area contributed by atoms with Crippen molar-refractivity contribution >= 4 is 5.91 Å². The van der Waals surface area contributed by atoms with Crippen molar-refractivity contribution < 1.29 is 4.79 Å². The van der Waals surface area contributed by atoms with Crippen molar-refractivity contribution in [1.29, 1.82) is 0 Å². The first-order valence-electron chi connectivity index (χ1n) is 7.16. The van der Waals surface area contributed by atoms with Crippen LogP contribution in [-0.4, -0.2) is 19.0 Å². The lowest BCUT2D eigenvalue weighted by atomic mass is 9.83. The first kappa shape index (κ1) is 14.1. The smallest absolute Gasteiger partial charge is 0.228 e. The summed E-state index contributed by atoms with van der Waals surface area (Å²) in [6, 6.07) is 8.42. The first-order chi connectivity index (χ1) is 9.07. The summed E-state index contributed by atoms with van der Waals surface area (Å²) in [7, 11) is 0. The molecule has 3 heteroatoms. The third-order valence-corrected chi connectivity index (χ3v) is 4.33. The Morgan fingerprint density at radius 1 is 1.42 bits per heavy atom. The van der Waals surface area contributed by atoms with Crippen LogP contribution in [0.15, 0.2) is 24.3 Å². The lowest BCUT2D eigenvalue weighted by molar-refractivity contribution is -0.131. The summed E-state index contributed by atoms with van der Waals surface area (Å²) in [5, 5.41) is 6.48. The minimum atomic E-state index is -0.209. The zero-order valence-corrected chi connectivity index (χ0v) is 12.1. The van der Waals surface area contributed by atoms with Crippen molar-refractivity contribution in [2.75, 3.05) is 13.1 Å². The zero-order chi connectivity index (χ0) is 13.9. The number of hydrogen-bond donors (Lipinski definition) is 2. The maximum absolute atomic E-state index is 12.5. The van der Waals surface area contributed by atoms with Gasteiger partial charge in [-0.25, -0.2) is 0 Å². The van der Waals surface area contributed by atoms with Crippen molar-refractivity contribution in [2.24, 2.45) is 5.41 Å². The molecular formula is C16H24N2O. The third-order valence-electron chi connectivity index (χ3n) is 4.33. The molecule has 3 nitrogen and oxygen atoms in total. The maximum Gasteiger partial charge on any atom is 0.228 e. The zero-order valence-electron chi connectivity index (χ0n) is 12.1. The second-order valence-corrected chi connectivity index (χ2v) is 5.67. The van der Waals surface area contributed by atoms with E-state index >= 15 is 0 Å². The summed E-state index contributed by atoms with van der Waals surface area (Å²) in [6.07, 6.45) is 1.84. The van der Waals surface area contributed by atoms with Gasteiger partial charge in [-0.3, -0.25) is 4.79 Å². The molecule has 1 heterocycles. The topological polar surface area (TPSA) is 41.1 Å². The molecule has 1 unspecified atom stereocenters. The Morgan fingerprint density at radius 2 is 2.11 bits per heavy atom. The van der Waals surface area contributed by atoms with Crippen LogP contribution in [0.4, 0.5) is 0 Å². The van der Waals surface area contributed by atoms with E-state index in [1.807, 2.05) is 6.92 Å². The van der Waals surface area contributed by atoms with Crippen LogP contribution in [0.5, 0.6) is 0 Å². The molecule has 1 aliphatic heterocycles. The summed E-state index contributed by atoms with van der Waals surface area (Å²) in [4.78, 5) is 12.5. The molecule has 104 valence electrons. The van der Waals surface area contributed by atoms with E-state index in [2.05, 4.69) is 48.7 Å². The predicted octanol–water partition coefficient (Wildman–Crippen LogP) is 2.56. The summed E-state index contributed by atoms with van der Waals surface area (Å²) in [6.45, 7) is 7.97. The van der Waals surface area contributed by atoms with Gasteiger partial charge in [-0.15, -0.1) is 0 Å². The van der Waals surface area contributed by atoms with E-state index in [4.69, 9.17) is 0 Å². The number of amides is 1. The van der Waals surface area contributed by atoms with E-state index in [0.717, 1.165) is 31.5 Å². The summed E-state index contributed by atoms with van der Waals surface area (Å²) in [5.41, 5.74) is 2.20. The van der Waals surface area contributed by atoms with Crippen LogP contribution in [-0.2, 0) is 4.79 Å². The molecule has 0 aromatic heterocycles. The molecule has 0 spiro atoms. The summed E-state index contributed by atoms with van der Waals surface area (Å²) in [5.74, 6) is 0.188. The van der Waals surface area contributed by atoms with Crippen LogP contribution in [0, 0.1) is 12.3 Å². The van der Waals surface area contributed by atoms with Crippen molar-refractivity contribution in [3.05, 3.63) is 35.4 Å². The maximum atomic E-state index is 12.5. The van der Waals surface area contributed by atoms with E-state index in [1.54, 1.807) is 0 Å². The molecule has 1 fully saturated rings. The third kappa shape index (κ3) is 2.98. The fraction of sp³-hybridized carbons (Fsp3) is 0.562. The van der Waals surface area contributed by atoms with Gasteiger partial charge in [0.1, 0.15) is 0 Å². The molecule has 0 aliphatic carbocycles. The summed E-state index contributed by atoms with van der Waals surface area (Å²) < 4.78 is 0. The molecule has 1 aliphatic rings. The Morgan fingerprint density at radius 3 is 2.63 bits per heavy atom. The molecule has 2 N–H and O–H groups in total. The van der Waals surface area contributed by atoms with Crippen molar-refractivity contribution in [1.82, 2.24) is 10.6 Å². The molecule has 2 atom stereocenters. The fourth-order valence-electron chi connectivity index (χ4n) is 2.69. The van der Waals surface area contributed by atoms with E-state index in [-0.39, 0.29) is 17.4 Å². The number of hydrogen-bond acceptors (Lipinski definition) is 2. The van der Waals surface area contributed by atoms with Crippen LogP contribution in [0.1, 0.15) is 43.9 Å². The Labute approximate surface area is 115 Å². The van der Waals surface area contributed by atoms with Gasteiger partial charge in [0.15, 0.2) is 0 Å². The lowest BCUT2D eigenvalue weighted by Crippen LogP contribution is -2.43. The van der Waals surface area contributed by atoms with Gasteiger partial charge in [-0.1, -0.05) is 36.8 Å². The number of benzene rings is 1. The molecule has 1 saturated heterocycles. The van der Waals surface area contributed by atoms with E-state index < -0.39 is 0 Å². The second-order valence-electron chi connectivity index (χ2n) is 5.67. The highest BCUT2D eigenvalue weighted by Gasteiger charge is 2.39. The van der Waals surface area contributed by atoms with Gasteiger partial charge in [0.25, 0.3) is 0 Å². The van der Waals surface area contributed by atoms with Gasteiger partial charge in [0, 0.05) is 6.54 Å². The Balaban J connectivity index is 2.04. The molecule has 1 amide bonds. The standard InChI is InChI=1S/C16H24N2O/c1-4-16(9-10-17-11-16)15(19)18-13(3)14-7-5-12(2)6-8-14/h5-8,13,17H,4,9-11H2,1-3H3,(H,18,19)/t13-,16?/m0/s1. The molecule has 1 aromatic carbocycles. The predicted molar refractivity (Wildman–Crippen MR) is 77.9 cm³/mol. The number of carbonyl (C=O) groups excluding carboxylic acids is 1. The first-order valence-corrected chi connectivity index (χ1v) is 7.16. The highest BCUT2D eigenvalue weighted by Crippen LogP contribution is 2.30. The molecule has 0 bridgehead atoms. The van der Waals surface area contributed by atoms with Gasteiger partial charge in [-0.05, 0) is 38.8 Å². The minimum Gasteiger partial charge on any atom is -0.349 e. The number of rotatable bonds is 4. The highest BCUT2D eigenvalue weighted by molar-refractivity contribution is 5.83. The van der Waals surface area contributed by atoms with E-state index in [9.17, 15) is 4.79 Å². The fourth-order valence-corrected chi connectivity index (χ4v) is 2.69. The van der Waals surface area contributed by atoms with E-state index in [1.165, 1.54) is 5.56 Å². The van der Waals surface area contributed by atoms with Crippen LogP contribution in [0.3, 0.4) is 0 Å². The van der Waals surface area contributed by atoms with Crippen molar-refractivity contribution in [3.8, 4) is 0 Å². The molecule has 2 rings (SSSR count). The summed E-state index contributed by atoms with van der Waals surface area (Å²) >= 11 is 0. The molecule has 1 aromatic rings. The highest BCUT2D eigenvalue weighted by atomic mass is 16.2. The Bertz CT molecular complexity index is 433. The van der Waals surface area contributed by atoms with E-state index in [0.29, 0.717) is 0 Å². The van der Waals surface area contributed by atoms with Gasteiger partial charge in [0.2, 0.25) is 5.91 Å². The lowest BCUT2D eigenvalue weighted by Gasteiger charge is -2.27. The monoisotopic (exact) mass is 260 g/mol. The van der Waals surface area contributed by atoms with Crippen molar-refractivity contribution in [2.45, 2.75) is 39.7 Å². The van der Waals surface area contributed by atoms with Gasteiger partial charge in [-0.2, -0.15) is 0 Å². The van der Waals surface area contributed by atoms with Crippen LogP contribution >= 0.6 is 0 Å². The average Bonchev–Trinajstić information content (AvgIpc) is 2.89. The number of nitrogens with one attached hydrogen (secondary N) is 2. The van der Waals surface area contributed by atoms with Gasteiger partial charge in [0.05, 0.1) is 11.5 Å². The van der Waals surface area contributed by atoms with Crippen LogP contribution < -0.4 is 10.6 Å². The normalized spacial score (nSPS) is 24.2. The van der Waals surface area contributed by atoms with Crippen LogP contribution in [0.2, 0.25) is 0 Å². The molecular weight excluding hydrogens is 236 g/mol. The van der Waals surface area contributed by atoms with Gasteiger partial charge < -0.3 is 10.6 Å². The largest absolute Gasteiger partial charge is 0.349 e. The minimum absolute atomic E-state index is 0.0668. The van der Waals surface area contributed by atoms with Gasteiger partial charge >= 0.3 is 0 Å². The second kappa shape index (κ2) is 5.74. The quantitative estimate of drug-likeness (QED) is 0.873. The molecule has 19 heavy (non-hydrogen) atoms. The average molecular weight is 260 g/mol.